The van der Waals surface area contributed by atoms with Crippen LogP contribution in [0, 0.1) is 26.7 Å². The van der Waals surface area contributed by atoms with Crippen LogP contribution in [0.25, 0.3) is 28.3 Å². The minimum Gasteiger partial charge on any atom is -0.209 e. The van der Waals surface area contributed by atoms with Crippen LogP contribution < -0.4 is 0 Å². The zero-order chi connectivity index (χ0) is 35.4. The lowest BCUT2D eigenvalue weighted by molar-refractivity contribution is 0.454. The molecule has 1 unspecified atom stereocenters. The van der Waals surface area contributed by atoms with Gasteiger partial charge in [0.15, 0.2) is 17.5 Å². The molecule has 1 aromatic heterocycles. The number of hydrogen-bond acceptors (Lipinski definition) is 3. The van der Waals surface area contributed by atoms with Gasteiger partial charge < -0.3 is 0 Å². The molecule has 266 valence electrons. The molecule has 0 amide bonds. The lowest BCUT2D eigenvalue weighted by atomic mass is 9.94. The summed E-state index contributed by atoms with van der Waals surface area (Å²) in [6.45, 7) is 19.3. The first kappa shape index (κ1) is 40.1. The van der Waals surface area contributed by atoms with Gasteiger partial charge in [-0.15, -0.1) is 0 Å². The Morgan fingerprint density at radius 1 is 0.673 bits per heavy atom. The summed E-state index contributed by atoms with van der Waals surface area (Å²) in [6.07, 6.45) is 29.1. The molecular formula is C46H67N3. The molecule has 49 heavy (non-hydrogen) atoms. The van der Waals surface area contributed by atoms with Gasteiger partial charge in [-0.25, -0.2) is 15.0 Å². The maximum atomic E-state index is 5.06. The lowest BCUT2D eigenvalue weighted by Gasteiger charge is -2.14. The molecule has 2 aromatic carbocycles. The summed E-state index contributed by atoms with van der Waals surface area (Å²) in [5, 5.41) is 0. The SMILES string of the molecule is C=C/C(C)=C\C=C(/CC)c1nc(-c2ccc(C)cc2C)nc(-c2ccc(CCC(C)CCCCCCCCCCCCCCC)cc2C)n1. The topological polar surface area (TPSA) is 38.7 Å². The van der Waals surface area contributed by atoms with E-state index in [2.05, 4.69) is 104 Å². The van der Waals surface area contributed by atoms with Gasteiger partial charge >= 0.3 is 0 Å². The van der Waals surface area contributed by atoms with Gasteiger partial charge in [0.05, 0.1) is 0 Å². The first-order valence-corrected chi connectivity index (χ1v) is 19.7. The quantitative estimate of drug-likeness (QED) is 0.0750. The fourth-order valence-corrected chi connectivity index (χ4v) is 6.68. The van der Waals surface area contributed by atoms with Crippen molar-refractivity contribution in [2.75, 3.05) is 0 Å². The number of allylic oxidation sites excluding steroid dienone is 5. The molecule has 0 fully saturated rings. The minimum atomic E-state index is 0.728. The molecule has 0 bridgehead atoms. The standard InChI is InChI=1S/C46H67N3/c1-9-12-13-14-15-16-17-18-19-20-21-22-23-24-36(5)25-28-40-29-32-43(39(8)34-40)46-48-44(41(11-3)30-26-35(4)10-2)47-45(49-46)42-31-27-37(6)33-38(42)7/h10,26-27,29-34,36H,2,9,11-25,28H2,1,3-8H3/b35-26-,41-30+. The third-order valence-corrected chi connectivity index (χ3v) is 10.1. The van der Waals surface area contributed by atoms with Gasteiger partial charge in [-0.1, -0.05) is 183 Å². The summed E-state index contributed by atoms with van der Waals surface area (Å²) in [4.78, 5) is 15.1. The van der Waals surface area contributed by atoms with E-state index in [0.717, 1.165) is 58.5 Å². The smallest absolute Gasteiger partial charge is 0.164 e. The fourth-order valence-electron chi connectivity index (χ4n) is 6.68. The average molecular weight is 662 g/mol. The molecule has 0 aliphatic heterocycles. The van der Waals surface area contributed by atoms with Gasteiger partial charge in [-0.3, -0.25) is 0 Å². The van der Waals surface area contributed by atoms with Crippen LogP contribution in [-0.4, -0.2) is 15.0 Å². The normalized spacial score (nSPS) is 12.8. The Morgan fingerprint density at radius 3 is 1.76 bits per heavy atom. The first-order valence-electron chi connectivity index (χ1n) is 19.7. The molecule has 0 N–H and O–H groups in total. The highest BCUT2D eigenvalue weighted by molar-refractivity contribution is 5.70. The van der Waals surface area contributed by atoms with Gasteiger partial charge in [0, 0.05) is 11.1 Å². The van der Waals surface area contributed by atoms with Crippen molar-refractivity contribution in [1.29, 1.82) is 0 Å². The second kappa shape index (κ2) is 22.4. The molecule has 0 aliphatic rings. The van der Waals surface area contributed by atoms with E-state index in [4.69, 9.17) is 15.0 Å². The molecule has 0 radical (unpaired) electrons. The molecular weight excluding hydrogens is 595 g/mol. The zero-order valence-corrected chi connectivity index (χ0v) is 32.3. The van der Waals surface area contributed by atoms with Crippen LogP contribution >= 0.6 is 0 Å². The number of rotatable bonds is 23. The third-order valence-electron chi connectivity index (χ3n) is 10.1. The maximum Gasteiger partial charge on any atom is 0.164 e. The molecule has 3 aromatic rings. The Balaban J connectivity index is 1.59. The summed E-state index contributed by atoms with van der Waals surface area (Å²) in [5.41, 5.74) is 9.36. The van der Waals surface area contributed by atoms with Crippen LogP contribution in [0.2, 0.25) is 0 Å². The minimum absolute atomic E-state index is 0.728. The van der Waals surface area contributed by atoms with Crippen molar-refractivity contribution < 1.29 is 0 Å². The largest absolute Gasteiger partial charge is 0.209 e. The van der Waals surface area contributed by atoms with Crippen molar-refractivity contribution in [2.24, 2.45) is 5.92 Å². The van der Waals surface area contributed by atoms with Gasteiger partial charge in [-0.05, 0) is 75.1 Å². The summed E-state index contributed by atoms with van der Waals surface area (Å²) >= 11 is 0. The van der Waals surface area contributed by atoms with Gasteiger partial charge in [-0.2, -0.15) is 0 Å². The Labute approximate surface area is 300 Å². The number of benzene rings is 2. The highest BCUT2D eigenvalue weighted by Gasteiger charge is 2.16. The monoisotopic (exact) mass is 662 g/mol. The first-order chi connectivity index (χ1) is 23.7. The predicted octanol–water partition coefficient (Wildman–Crippen LogP) is 14.1. The summed E-state index contributed by atoms with van der Waals surface area (Å²) in [5.74, 6) is 2.97. The van der Waals surface area contributed by atoms with Crippen LogP contribution in [-0.2, 0) is 6.42 Å². The molecule has 0 aliphatic carbocycles. The second-order valence-electron chi connectivity index (χ2n) is 14.6. The summed E-state index contributed by atoms with van der Waals surface area (Å²) in [7, 11) is 0. The van der Waals surface area contributed by atoms with Gasteiger partial charge in [0.2, 0.25) is 0 Å². The van der Waals surface area contributed by atoms with E-state index >= 15 is 0 Å². The van der Waals surface area contributed by atoms with Crippen molar-refractivity contribution in [2.45, 2.75) is 158 Å². The lowest BCUT2D eigenvalue weighted by Crippen LogP contribution is -2.04. The van der Waals surface area contributed by atoms with E-state index in [-0.39, 0.29) is 0 Å². The molecule has 0 spiro atoms. The molecule has 3 nitrogen and oxygen atoms in total. The zero-order valence-electron chi connectivity index (χ0n) is 32.3. The second-order valence-corrected chi connectivity index (χ2v) is 14.6. The number of unbranched alkanes of at least 4 members (excludes halogenated alkanes) is 12. The molecule has 1 heterocycles. The molecule has 1 atom stereocenters. The third kappa shape index (κ3) is 14.2. The molecule has 0 saturated heterocycles. The maximum absolute atomic E-state index is 5.06. The Bertz CT molecular complexity index is 1490. The molecule has 0 saturated carbocycles. The molecule has 3 heteroatoms. The highest BCUT2D eigenvalue weighted by Crippen LogP contribution is 2.29. The van der Waals surface area contributed by atoms with Crippen molar-refractivity contribution >= 4 is 5.57 Å². The number of aromatic nitrogens is 3. The average Bonchev–Trinajstić information content (AvgIpc) is 3.09. The van der Waals surface area contributed by atoms with E-state index in [0.29, 0.717) is 0 Å². The van der Waals surface area contributed by atoms with Crippen LogP contribution in [0.15, 0.2) is 66.8 Å². The Hall–Kier alpha value is -3.33. The van der Waals surface area contributed by atoms with Gasteiger partial charge in [0.25, 0.3) is 0 Å². The fraction of sp³-hybridized carbons (Fsp3) is 0.543. The van der Waals surface area contributed by atoms with E-state index < -0.39 is 0 Å². The van der Waals surface area contributed by atoms with Crippen LogP contribution in [0.4, 0.5) is 0 Å². The van der Waals surface area contributed by atoms with Crippen molar-refractivity contribution in [3.05, 3.63) is 94.9 Å². The number of hydrogen-bond donors (Lipinski definition) is 0. The van der Waals surface area contributed by atoms with E-state index in [1.54, 1.807) is 0 Å². The van der Waals surface area contributed by atoms with Crippen molar-refractivity contribution in [1.82, 2.24) is 15.0 Å². The molecule has 3 rings (SSSR count). The van der Waals surface area contributed by atoms with Crippen LogP contribution in [0.5, 0.6) is 0 Å². The summed E-state index contributed by atoms with van der Waals surface area (Å²) in [6, 6.07) is 13.3. The van der Waals surface area contributed by atoms with Crippen molar-refractivity contribution in [3.63, 3.8) is 0 Å². The van der Waals surface area contributed by atoms with Crippen molar-refractivity contribution in [3.8, 4) is 22.8 Å². The van der Waals surface area contributed by atoms with E-state index in [1.165, 1.54) is 119 Å². The number of nitrogens with zero attached hydrogens (tertiary/aromatic N) is 3. The van der Waals surface area contributed by atoms with Crippen LogP contribution in [0.1, 0.15) is 159 Å². The van der Waals surface area contributed by atoms with E-state index in [9.17, 15) is 0 Å². The summed E-state index contributed by atoms with van der Waals surface area (Å²) < 4.78 is 0. The van der Waals surface area contributed by atoms with Gasteiger partial charge in [0.1, 0.15) is 0 Å². The van der Waals surface area contributed by atoms with Crippen LogP contribution in [0.3, 0.4) is 0 Å². The van der Waals surface area contributed by atoms with E-state index in [1.807, 2.05) is 6.08 Å². The predicted molar refractivity (Wildman–Crippen MR) is 215 cm³/mol. The Morgan fingerprint density at radius 2 is 1.22 bits per heavy atom. The Kier molecular flexibility index (Phi) is 18.3. The number of aryl methyl sites for hydroxylation is 4. The highest BCUT2D eigenvalue weighted by atomic mass is 15.0.